The highest BCUT2D eigenvalue weighted by atomic mass is 16.3. The SMILES string of the molecule is c1ccc(-c2ccccc2N(c2ccc3c(c2)c(-c2ccccc2)c(-c2ccccc2)c2ccccc23)c2cccc3c2oc2ccccc23)cc1. The van der Waals surface area contributed by atoms with Crippen molar-refractivity contribution in [2.75, 3.05) is 4.90 Å². The molecule has 0 unspecified atom stereocenters. The van der Waals surface area contributed by atoms with Gasteiger partial charge >= 0.3 is 0 Å². The molecule has 0 saturated heterocycles. The first-order chi connectivity index (χ1) is 25.8. The summed E-state index contributed by atoms with van der Waals surface area (Å²) in [6.07, 6.45) is 0. The zero-order valence-corrected chi connectivity index (χ0v) is 28.4. The molecule has 10 rings (SSSR count). The Morgan fingerprint density at radius 1 is 0.327 bits per heavy atom. The van der Waals surface area contributed by atoms with E-state index in [0.29, 0.717) is 0 Å². The van der Waals surface area contributed by atoms with Crippen molar-refractivity contribution in [1.29, 1.82) is 0 Å². The number of nitrogens with zero attached hydrogens (tertiary/aromatic N) is 1. The zero-order chi connectivity index (χ0) is 34.4. The Morgan fingerprint density at radius 2 is 0.846 bits per heavy atom. The fraction of sp³-hybridized carbons (Fsp3) is 0. The van der Waals surface area contributed by atoms with Crippen LogP contribution in [0.5, 0.6) is 0 Å². The van der Waals surface area contributed by atoms with Gasteiger partial charge in [-0.2, -0.15) is 0 Å². The molecule has 2 nitrogen and oxygen atoms in total. The number of hydrogen-bond acceptors (Lipinski definition) is 2. The molecule has 0 radical (unpaired) electrons. The molecule has 0 bridgehead atoms. The van der Waals surface area contributed by atoms with Gasteiger partial charge < -0.3 is 9.32 Å². The van der Waals surface area contributed by atoms with E-state index in [2.05, 4.69) is 199 Å². The Hall–Kier alpha value is -6.90. The van der Waals surface area contributed by atoms with Gasteiger partial charge in [0.1, 0.15) is 5.58 Å². The van der Waals surface area contributed by atoms with E-state index in [9.17, 15) is 0 Å². The van der Waals surface area contributed by atoms with Crippen molar-refractivity contribution in [3.63, 3.8) is 0 Å². The number of rotatable bonds is 6. The molecule has 1 heterocycles. The molecule has 10 aromatic rings. The minimum atomic E-state index is 0.860. The Balaban J connectivity index is 1.33. The number of para-hydroxylation sites is 3. The monoisotopic (exact) mass is 663 g/mol. The molecule has 9 aromatic carbocycles. The Morgan fingerprint density at radius 3 is 1.58 bits per heavy atom. The van der Waals surface area contributed by atoms with Crippen LogP contribution in [-0.2, 0) is 0 Å². The molecule has 0 spiro atoms. The second-order valence-electron chi connectivity index (χ2n) is 13.2. The third-order valence-electron chi connectivity index (χ3n) is 10.2. The predicted molar refractivity (Wildman–Crippen MR) is 220 cm³/mol. The Bertz CT molecular complexity index is 2890. The van der Waals surface area contributed by atoms with E-state index in [1.807, 2.05) is 6.07 Å². The minimum Gasteiger partial charge on any atom is -0.454 e. The molecule has 2 heteroatoms. The summed E-state index contributed by atoms with van der Waals surface area (Å²) >= 11 is 0. The third kappa shape index (κ3) is 4.88. The van der Waals surface area contributed by atoms with Crippen molar-refractivity contribution in [2.24, 2.45) is 0 Å². The van der Waals surface area contributed by atoms with Gasteiger partial charge in [-0.1, -0.05) is 170 Å². The average Bonchev–Trinajstić information content (AvgIpc) is 3.61. The summed E-state index contributed by atoms with van der Waals surface area (Å²) in [5.41, 5.74) is 12.0. The second kappa shape index (κ2) is 12.5. The normalized spacial score (nSPS) is 11.5. The predicted octanol–water partition coefficient (Wildman–Crippen LogP) is 14.4. The first-order valence-corrected chi connectivity index (χ1v) is 17.8. The van der Waals surface area contributed by atoms with Crippen molar-refractivity contribution < 1.29 is 4.42 Å². The largest absolute Gasteiger partial charge is 0.454 e. The van der Waals surface area contributed by atoms with Crippen molar-refractivity contribution in [3.8, 4) is 33.4 Å². The van der Waals surface area contributed by atoms with E-state index in [1.54, 1.807) is 0 Å². The van der Waals surface area contributed by atoms with Gasteiger partial charge in [-0.3, -0.25) is 0 Å². The van der Waals surface area contributed by atoms with E-state index >= 15 is 0 Å². The topological polar surface area (TPSA) is 16.4 Å². The third-order valence-corrected chi connectivity index (χ3v) is 10.2. The fourth-order valence-electron chi connectivity index (χ4n) is 7.97. The van der Waals surface area contributed by atoms with Crippen LogP contribution in [0.3, 0.4) is 0 Å². The molecule has 0 saturated carbocycles. The standard InChI is InChI=1S/C50H33NO/c1-4-17-34(18-5-1)38-23-12-14-28-45(38)51(46-29-16-27-43-41-25-13-15-30-47(41)52-50(43)46)37-31-32-40-39-24-10-11-26-42(39)48(35-19-6-2-7-20-35)49(44(40)33-37)36-21-8-3-9-22-36/h1-33H. The van der Waals surface area contributed by atoms with Gasteiger partial charge in [-0.25, -0.2) is 0 Å². The molecule has 0 fully saturated rings. The number of fused-ring (bicyclic) bond motifs is 6. The molecule has 0 aliphatic carbocycles. The first-order valence-electron chi connectivity index (χ1n) is 17.8. The lowest BCUT2D eigenvalue weighted by atomic mass is 9.85. The van der Waals surface area contributed by atoms with Gasteiger partial charge in [0.05, 0.1) is 11.4 Å². The summed E-state index contributed by atoms with van der Waals surface area (Å²) < 4.78 is 6.73. The van der Waals surface area contributed by atoms with Crippen molar-refractivity contribution in [2.45, 2.75) is 0 Å². The summed E-state index contributed by atoms with van der Waals surface area (Å²) in [7, 11) is 0. The van der Waals surface area contributed by atoms with Crippen LogP contribution in [0.2, 0.25) is 0 Å². The summed E-state index contributed by atoms with van der Waals surface area (Å²) in [4.78, 5) is 2.39. The molecule has 0 aliphatic rings. The van der Waals surface area contributed by atoms with E-state index in [0.717, 1.165) is 50.1 Å². The molecular formula is C50H33NO. The lowest BCUT2D eigenvalue weighted by Crippen LogP contribution is -2.11. The van der Waals surface area contributed by atoms with Crippen LogP contribution in [0.15, 0.2) is 205 Å². The highest BCUT2D eigenvalue weighted by Crippen LogP contribution is 2.49. The molecule has 1 aromatic heterocycles. The van der Waals surface area contributed by atoms with Crippen LogP contribution < -0.4 is 4.90 Å². The molecule has 244 valence electrons. The number of benzene rings is 9. The number of hydrogen-bond donors (Lipinski definition) is 0. The van der Waals surface area contributed by atoms with E-state index in [4.69, 9.17) is 4.42 Å². The molecule has 0 atom stereocenters. The van der Waals surface area contributed by atoms with Gasteiger partial charge in [0, 0.05) is 22.0 Å². The maximum Gasteiger partial charge on any atom is 0.159 e. The summed E-state index contributed by atoms with van der Waals surface area (Å²) in [6.45, 7) is 0. The fourth-order valence-corrected chi connectivity index (χ4v) is 7.97. The molecule has 0 aliphatic heterocycles. The molecule has 0 N–H and O–H groups in total. The van der Waals surface area contributed by atoms with Crippen molar-refractivity contribution in [3.05, 3.63) is 200 Å². The highest BCUT2D eigenvalue weighted by molar-refractivity contribution is 6.22. The average molecular weight is 664 g/mol. The van der Waals surface area contributed by atoms with Gasteiger partial charge in [-0.15, -0.1) is 0 Å². The van der Waals surface area contributed by atoms with Crippen LogP contribution >= 0.6 is 0 Å². The quantitative estimate of drug-likeness (QED) is 0.165. The maximum atomic E-state index is 6.73. The summed E-state index contributed by atoms with van der Waals surface area (Å²) in [5, 5.41) is 7.10. The Labute approximate surface area is 302 Å². The highest BCUT2D eigenvalue weighted by Gasteiger charge is 2.24. The van der Waals surface area contributed by atoms with Crippen LogP contribution in [0.1, 0.15) is 0 Å². The van der Waals surface area contributed by atoms with Crippen LogP contribution in [0, 0.1) is 0 Å². The van der Waals surface area contributed by atoms with E-state index in [-0.39, 0.29) is 0 Å². The van der Waals surface area contributed by atoms with Crippen molar-refractivity contribution >= 4 is 60.5 Å². The zero-order valence-electron chi connectivity index (χ0n) is 28.4. The van der Waals surface area contributed by atoms with Crippen LogP contribution in [0.25, 0.3) is 76.9 Å². The molecule has 0 amide bonds. The number of anilines is 3. The maximum absolute atomic E-state index is 6.73. The Kier molecular flexibility index (Phi) is 7.18. The molecule has 52 heavy (non-hydrogen) atoms. The van der Waals surface area contributed by atoms with E-state index in [1.165, 1.54) is 43.8 Å². The van der Waals surface area contributed by atoms with Gasteiger partial charge in [0.25, 0.3) is 0 Å². The summed E-state index contributed by atoms with van der Waals surface area (Å²) in [6, 6.07) is 71.6. The minimum absolute atomic E-state index is 0.860. The van der Waals surface area contributed by atoms with Crippen LogP contribution in [0.4, 0.5) is 17.1 Å². The smallest absolute Gasteiger partial charge is 0.159 e. The second-order valence-corrected chi connectivity index (χ2v) is 13.2. The molecular weight excluding hydrogens is 631 g/mol. The number of furan rings is 1. The van der Waals surface area contributed by atoms with Gasteiger partial charge in [-0.05, 0) is 79.7 Å². The van der Waals surface area contributed by atoms with Crippen molar-refractivity contribution in [1.82, 2.24) is 0 Å². The van der Waals surface area contributed by atoms with Gasteiger partial charge in [0.2, 0.25) is 0 Å². The van der Waals surface area contributed by atoms with Crippen LogP contribution in [-0.4, -0.2) is 0 Å². The lowest BCUT2D eigenvalue weighted by molar-refractivity contribution is 0.669. The van der Waals surface area contributed by atoms with Gasteiger partial charge in [0.15, 0.2) is 5.58 Å². The van der Waals surface area contributed by atoms with E-state index < -0.39 is 0 Å². The lowest BCUT2D eigenvalue weighted by Gasteiger charge is -2.29. The summed E-state index contributed by atoms with van der Waals surface area (Å²) in [5.74, 6) is 0. The first kappa shape index (κ1) is 30.0.